The van der Waals surface area contributed by atoms with Crippen molar-refractivity contribution in [1.82, 2.24) is 9.97 Å². The molecule has 4 rings (SSSR count). The molecule has 0 bridgehead atoms. The highest BCUT2D eigenvalue weighted by Crippen LogP contribution is 2.32. The molecule has 8 heteroatoms. The molecule has 0 radical (unpaired) electrons. The third-order valence-corrected chi connectivity index (χ3v) is 3.96. The van der Waals surface area contributed by atoms with Gasteiger partial charge in [-0.05, 0) is 36.8 Å². The fourth-order valence-electron chi connectivity index (χ4n) is 2.69. The number of nitrogens with zero attached hydrogens (tertiary/aromatic N) is 2. The minimum absolute atomic E-state index is 0.104. The molecule has 3 aromatic rings. The molecule has 2 N–H and O–H groups in total. The largest absolute Gasteiger partial charge is 0.454 e. The van der Waals surface area contributed by atoms with Gasteiger partial charge in [0, 0.05) is 18.3 Å². The molecule has 0 atom stereocenters. The van der Waals surface area contributed by atoms with Gasteiger partial charge in [0.15, 0.2) is 11.5 Å². The number of benzene rings is 2. The first-order chi connectivity index (χ1) is 13.1. The Morgan fingerprint density at radius 1 is 1.00 bits per heavy atom. The fourth-order valence-corrected chi connectivity index (χ4v) is 2.69. The van der Waals surface area contributed by atoms with Gasteiger partial charge in [-0.2, -0.15) is 4.98 Å². The number of nitrogens with one attached hydrogen (secondary N) is 2. The van der Waals surface area contributed by atoms with Crippen molar-refractivity contribution in [3.05, 3.63) is 65.4 Å². The van der Waals surface area contributed by atoms with Crippen LogP contribution in [-0.2, 0) is 6.54 Å². The van der Waals surface area contributed by atoms with Gasteiger partial charge < -0.3 is 20.1 Å². The van der Waals surface area contributed by atoms with Gasteiger partial charge in [0.1, 0.15) is 23.1 Å². The summed E-state index contributed by atoms with van der Waals surface area (Å²) in [4.78, 5) is 8.46. The zero-order chi connectivity index (χ0) is 18.8. The van der Waals surface area contributed by atoms with Gasteiger partial charge in [0.05, 0.1) is 0 Å². The van der Waals surface area contributed by atoms with Crippen LogP contribution >= 0.6 is 0 Å². The summed E-state index contributed by atoms with van der Waals surface area (Å²) < 4.78 is 38.3. The number of halogens is 2. The van der Waals surface area contributed by atoms with E-state index < -0.39 is 11.6 Å². The van der Waals surface area contributed by atoms with Crippen molar-refractivity contribution < 1.29 is 18.3 Å². The Balaban J connectivity index is 1.50. The Morgan fingerprint density at radius 2 is 1.78 bits per heavy atom. The first-order valence-corrected chi connectivity index (χ1v) is 8.27. The number of anilines is 3. The maximum Gasteiger partial charge on any atom is 0.231 e. The maximum absolute atomic E-state index is 13.8. The summed E-state index contributed by atoms with van der Waals surface area (Å²) >= 11 is 0. The van der Waals surface area contributed by atoms with E-state index >= 15 is 0 Å². The smallest absolute Gasteiger partial charge is 0.231 e. The average Bonchev–Trinajstić information content (AvgIpc) is 3.11. The van der Waals surface area contributed by atoms with Crippen LogP contribution in [0.3, 0.4) is 0 Å². The van der Waals surface area contributed by atoms with E-state index in [0.717, 1.165) is 11.3 Å². The topological polar surface area (TPSA) is 68.3 Å². The van der Waals surface area contributed by atoms with Crippen LogP contribution in [0.4, 0.5) is 26.2 Å². The molecule has 2 aromatic carbocycles. The second kappa shape index (κ2) is 7.06. The lowest BCUT2D eigenvalue weighted by molar-refractivity contribution is 0.174. The maximum atomic E-state index is 13.8. The van der Waals surface area contributed by atoms with E-state index in [1.807, 2.05) is 18.2 Å². The molecular weight excluding hydrogens is 354 g/mol. The second-order valence-electron chi connectivity index (χ2n) is 5.98. The molecule has 138 valence electrons. The summed E-state index contributed by atoms with van der Waals surface area (Å²) in [5.41, 5.74) is 1.34. The van der Waals surface area contributed by atoms with Crippen LogP contribution in [0, 0.1) is 18.6 Å². The highest BCUT2D eigenvalue weighted by atomic mass is 19.1. The Kier molecular flexibility index (Phi) is 4.45. The molecule has 1 aliphatic heterocycles. The van der Waals surface area contributed by atoms with Gasteiger partial charge in [-0.3, -0.25) is 0 Å². The quantitative estimate of drug-likeness (QED) is 0.703. The predicted molar refractivity (Wildman–Crippen MR) is 96.3 cm³/mol. The van der Waals surface area contributed by atoms with Crippen molar-refractivity contribution >= 4 is 17.5 Å². The van der Waals surface area contributed by atoms with Crippen molar-refractivity contribution in [3.8, 4) is 11.5 Å². The van der Waals surface area contributed by atoms with Gasteiger partial charge in [0.25, 0.3) is 0 Å². The predicted octanol–water partition coefficient (Wildman–Crippen LogP) is 4.15. The summed E-state index contributed by atoms with van der Waals surface area (Å²) in [6, 6.07) is 11.0. The Bertz CT molecular complexity index is 977. The van der Waals surface area contributed by atoms with E-state index in [0.29, 0.717) is 23.8 Å². The molecule has 0 saturated carbocycles. The third-order valence-electron chi connectivity index (χ3n) is 3.96. The molecule has 0 fully saturated rings. The Morgan fingerprint density at radius 3 is 2.59 bits per heavy atom. The first-order valence-electron chi connectivity index (χ1n) is 8.27. The van der Waals surface area contributed by atoms with Gasteiger partial charge in [0.2, 0.25) is 12.7 Å². The van der Waals surface area contributed by atoms with Gasteiger partial charge in [-0.25, -0.2) is 13.8 Å². The summed E-state index contributed by atoms with van der Waals surface area (Å²) in [5, 5.41) is 5.78. The summed E-state index contributed by atoms with van der Waals surface area (Å²) in [5.74, 6) is 0.622. The number of hydrogen-bond donors (Lipinski definition) is 2. The molecule has 1 aromatic heterocycles. The minimum Gasteiger partial charge on any atom is -0.454 e. The van der Waals surface area contributed by atoms with E-state index in [2.05, 4.69) is 20.6 Å². The lowest BCUT2D eigenvalue weighted by atomic mass is 10.2. The second-order valence-corrected chi connectivity index (χ2v) is 5.98. The van der Waals surface area contributed by atoms with Gasteiger partial charge in [-0.1, -0.05) is 12.1 Å². The van der Waals surface area contributed by atoms with Crippen LogP contribution in [0.15, 0.2) is 42.5 Å². The summed E-state index contributed by atoms with van der Waals surface area (Å²) in [7, 11) is 0. The normalized spacial score (nSPS) is 12.1. The van der Waals surface area contributed by atoms with Crippen LogP contribution < -0.4 is 20.1 Å². The highest BCUT2D eigenvalue weighted by Gasteiger charge is 2.14. The van der Waals surface area contributed by atoms with Gasteiger partial charge >= 0.3 is 0 Å². The van der Waals surface area contributed by atoms with E-state index in [9.17, 15) is 8.78 Å². The van der Waals surface area contributed by atoms with Crippen LogP contribution in [0.1, 0.15) is 11.3 Å². The standard InChI is InChI=1S/C19H16F2N4O2/c1-11-7-17(22-9-12-5-6-15-16(8-12)27-10-26-15)24-19(23-11)25-18-13(20)3-2-4-14(18)21/h2-8H,9-10H2,1H3,(H2,22,23,24,25). The number of rotatable bonds is 5. The van der Waals surface area contributed by atoms with Crippen LogP contribution in [0.25, 0.3) is 0 Å². The molecule has 0 saturated heterocycles. The Hall–Kier alpha value is -3.42. The first kappa shape index (κ1) is 17.0. The zero-order valence-corrected chi connectivity index (χ0v) is 14.4. The number of para-hydroxylation sites is 1. The van der Waals surface area contributed by atoms with Gasteiger partial charge in [-0.15, -0.1) is 0 Å². The fraction of sp³-hybridized carbons (Fsp3) is 0.158. The number of aryl methyl sites for hydroxylation is 1. The van der Waals surface area contributed by atoms with Crippen molar-refractivity contribution in [2.45, 2.75) is 13.5 Å². The number of aromatic nitrogens is 2. The molecule has 27 heavy (non-hydrogen) atoms. The van der Waals surface area contributed by atoms with E-state index in [4.69, 9.17) is 9.47 Å². The summed E-state index contributed by atoms with van der Waals surface area (Å²) in [6.07, 6.45) is 0. The highest BCUT2D eigenvalue weighted by molar-refractivity contribution is 5.57. The van der Waals surface area contributed by atoms with Crippen molar-refractivity contribution in [2.24, 2.45) is 0 Å². The molecule has 0 amide bonds. The summed E-state index contributed by atoms with van der Waals surface area (Å²) in [6.45, 7) is 2.48. The van der Waals surface area contributed by atoms with Crippen molar-refractivity contribution in [1.29, 1.82) is 0 Å². The monoisotopic (exact) mass is 370 g/mol. The lowest BCUT2D eigenvalue weighted by Crippen LogP contribution is -2.07. The van der Waals surface area contributed by atoms with Crippen molar-refractivity contribution in [3.63, 3.8) is 0 Å². The minimum atomic E-state index is -0.713. The zero-order valence-electron chi connectivity index (χ0n) is 14.4. The molecule has 6 nitrogen and oxygen atoms in total. The van der Waals surface area contributed by atoms with Crippen LogP contribution in [0.5, 0.6) is 11.5 Å². The van der Waals surface area contributed by atoms with E-state index in [-0.39, 0.29) is 18.4 Å². The van der Waals surface area contributed by atoms with E-state index in [1.54, 1.807) is 13.0 Å². The van der Waals surface area contributed by atoms with Crippen molar-refractivity contribution in [2.75, 3.05) is 17.4 Å². The van der Waals surface area contributed by atoms with E-state index in [1.165, 1.54) is 18.2 Å². The van der Waals surface area contributed by atoms with Crippen LogP contribution in [0.2, 0.25) is 0 Å². The third kappa shape index (κ3) is 3.74. The molecule has 0 unspecified atom stereocenters. The molecule has 0 aliphatic carbocycles. The SMILES string of the molecule is Cc1cc(NCc2ccc3c(c2)OCO3)nc(Nc2c(F)cccc2F)n1. The lowest BCUT2D eigenvalue weighted by Gasteiger charge is -2.11. The Labute approximate surface area is 154 Å². The molecule has 2 heterocycles. The average molecular weight is 370 g/mol. The number of ether oxygens (including phenoxy) is 2. The number of fused-ring (bicyclic) bond motifs is 1. The van der Waals surface area contributed by atoms with Crippen LogP contribution in [-0.4, -0.2) is 16.8 Å². The molecule has 1 aliphatic rings. The molecular formula is C19H16F2N4O2. The number of hydrogen-bond acceptors (Lipinski definition) is 6. The molecule has 0 spiro atoms.